The van der Waals surface area contributed by atoms with Gasteiger partial charge in [0.1, 0.15) is 18.1 Å². The van der Waals surface area contributed by atoms with Gasteiger partial charge in [0.2, 0.25) is 23.6 Å². The van der Waals surface area contributed by atoms with Crippen molar-refractivity contribution < 1.29 is 29.1 Å². The van der Waals surface area contributed by atoms with Crippen LogP contribution in [0.4, 0.5) is 0 Å². The smallest absolute Gasteiger partial charge is 0.326 e. The van der Waals surface area contributed by atoms with E-state index in [9.17, 15) is 24.0 Å². The van der Waals surface area contributed by atoms with E-state index in [-0.39, 0.29) is 17.4 Å². The first-order valence-electron chi connectivity index (χ1n) is 8.87. The van der Waals surface area contributed by atoms with E-state index < -0.39 is 60.2 Å². The molecule has 0 bridgehead atoms. The normalized spacial score (nSPS) is 15.9. The van der Waals surface area contributed by atoms with Crippen LogP contribution in [0.5, 0.6) is 0 Å². The monoisotopic (exact) mass is 451 g/mol. The molecule has 29 heavy (non-hydrogen) atoms. The summed E-state index contributed by atoms with van der Waals surface area (Å²) in [5.74, 6) is -4.80. The molecule has 0 saturated carbocycles. The Bertz CT molecular complexity index is 621. The molecule has 0 aromatic heterocycles. The second-order valence-electron chi connectivity index (χ2n) is 6.47. The fourth-order valence-corrected chi connectivity index (χ4v) is 2.60. The van der Waals surface area contributed by atoms with Crippen LogP contribution < -0.4 is 27.4 Å². The molecule has 11 nitrogen and oxygen atoms in total. The minimum Gasteiger partial charge on any atom is -0.480 e. The van der Waals surface area contributed by atoms with Gasteiger partial charge in [0.05, 0.1) is 12.5 Å². The number of carboxylic acid groups (broad SMARTS) is 1. The van der Waals surface area contributed by atoms with Crippen molar-refractivity contribution in [3.8, 4) is 0 Å². The molecule has 0 rings (SSSR count). The quantitative estimate of drug-likeness (QED) is 0.143. The summed E-state index contributed by atoms with van der Waals surface area (Å²) in [4.78, 5) is 59.3. The van der Waals surface area contributed by atoms with Gasteiger partial charge >= 0.3 is 5.97 Å². The fourth-order valence-electron chi connectivity index (χ4n) is 2.17. The topological polar surface area (TPSA) is 194 Å². The second-order valence-corrected chi connectivity index (χ2v) is 7.20. The molecule has 13 heteroatoms. The number of hydrogen-bond acceptors (Lipinski definition) is 8. The van der Waals surface area contributed by atoms with E-state index in [0.29, 0.717) is 6.42 Å². The Morgan fingerprint density at radius 1 is 0.931 bits per heavy atom. The van der Waals surface area contributed by atoms with Crippen LogP contribution in [-0.4, -0.2) is 70.4 Å². The van der Waals surface area contributed by atoms with Crippen molar-refractivity contribution in [1.82, 2.24) is 16.0 Å². The number of amides is 4. The number of carbonyl (C=O) groups excluding carboxylic acids is 4. The van der Waals surface area contributed by atoms with Gasteiger partial charge in [-0.3, -0.25) is 19.2 Å². The second kappa shape index (κ2) is 13.3. The van der Waals surface area contributed by atoms with Crippen LogP contribution >= 0.6 is 25.3 Å². The van der Waals surface area contributed by atoms with E-state index in [1.807, 2.05) is 0 Å². The number of carboxylic acids is 1. The van der Waals surface area contributed by atoms with Crippen molar-refractivity contribution in [2.45, 2.75) is 50.9 Å². The third kappa shape index (κ3) is 9.37. The summed E-state index contributed by atoms with van der Waals surface area (Å²) in [5, 5.41) is 16.3. The highest BCUT2D eigenvalue weighted by Gasteiger charge is 2.32. The summed E-state index contributed by atoms with van der Waals surface area (Å²) in [6, 6.07) is -4.64. The molecular weight excluding hydrogens is 422 g/mol. The molecule has 166 valence electrons. The molecule has 0 saturated heterocycles. The van der Waals surface area contributed by atoms with E-state index >= 15 is 0 Å². The molecule has 0 heterocycles. The first kappa shape index (κ1) is 27.0. The van der Waals surface area contributed by atoms with Crippen LogP contribution in [0, 0.1) is 5.92 Å². The zero-order valence-electron chi connectivity index (χ0n) is 16.3. The third-order valence-corrected chi connectivity index (χ3v) is 4.92. The highest BCUT2D eigenvalue weighted by Crippen LogP contribution is 2.10. The Morgan fingerprint density at radius 2 is 1.48 bits per heavy atom. The molecule has 8 N–H and O–H groups in total. The standard InChI is InChI=1S/C16H29N5O6S2/c1-3-7(2)12(15(25)19-9(16(26)27)4-11(18)22)21-14(24)10(6-29)20-13(23)8(17)5-28/h7-10,12,28-29H,3-6,17H2,1-2H3,(H2,18,22)(H,19,25)(H,20,23)(H,21,24)(H,26,27). The van der Waals surface area contributed by atoms with Crippen LogP contribution in [0.1, 0.15) is 26.7 Å². The predicted octanol–water partition coefficient (Wildman–Crippen LogP) is -2.37. The molecule has 0 radical (unpaired) electrons. The lowest BCUT2D eigenvalue weighted by molar-refractivity contribution is -0.144. The van der Waals surface area contributed by atoms with Crippen LogP contribution in [0.15, 0.2) is 0 Å². The zero-order valence-corrected chi connectivity index (χ0v) is 18.0. The van der Waals surface area contributed by atoms with E-state index in [4.69, 9.17) is 16.6 Å². The van der Waals surface area contributed by atoms with E-state index in [2.05, 4.69) is 41.2 Å². The molecule has 0 aromatic rings. The number of aliphatic carboxylic acids is 1. The lowest BCUT2D eigenvalue weighted by atomic mass is 9.97. The summed E-state index contributed by atoms with van der Waals surface area (Å²) < 4.78 is 0. The molecule has 0 aliphatic heterocycles. The molecule has 0 aliphatic carbocycles. The lowest BCUT2D eigenvalue weighted by Crippen LogP contribution is -2.59. The predicted molar refractivity (Wildman–Crippen MR) is 112 cm³/mol. The molecule has 0 spiro atoms. The summed E-state index contributed by atoms with van der Waals surface area (Å²) in [6.45, 7) is 3.46. The molecule has 0 fully saturated rings. The van der Waals surface area contributed by atoms with Gasteiger partial charge in [-0.25, -0.2) is 4.79 Å². The van der Waals surface area contributed by atoms with Gasteiger partial charge in [-0.05, 0) is 5.92 Å². The molecule has 4 amide bonds. The van der Waals surface area contributed by atoms with E-state index in [1.165, 1.54) is 0 Å². The van der Waals surface area contributed by atoms with Gasteiger partial charge in [0.25, 0.3) is 0 Å². The minimum absolute atomic E-state index is 0.0643. The average molecular weight is 452 g/mol. The molecule has 5 unspecified atom stereocenters. The van der Waals surface area contributed by atoms with Gasteiger partial charge in [-0.2, -0.15) is 25.3 Å². The Hall–Kier alpha value is -1.99. The van der Waals surface area contributed by atoms with Crippen molar-refractivity contribution in [3.05, 3.63) is 0 Å². The Balaban J connectivity index is 5.33. The number of hydrogen-bond donors (Lipinski definition) is 8. The maximum atomic E-state index is 12.6. The first-order chi connectivity index (χ1) is 13.5. The summed E-state index contributed by atoms with van der Waals surface area (Å²) in [6.07, 6.45) is -0.118. The molecule has 0 aliphatic rings. The summed E-state index contributed by atoms with van der Waals surface area (Å²) >= 11 is 7.94. The van der Waals surface area contributed by atoms with E-state index in [0.717, 1.165) is 0 Å². The maximum absolute atomic E-state index is 12.6. The zero-order chi connectivity index (χ0) is 22.7. The van der Waals surface area contributed by atoms with Gasteiger partial charge in [-0.15, -0.1) is 0 Å². The van der Waals surface area contributed by atoms with Crippen molar-refractivity contribution in [3.63, 3.8) is 0 Å². The SMILES string of the molecule is CCC(C)C(NC(=O)C(CS)NC(=O)C(N)CS)C(=O)NC(CC(N)=O)C(=O)O. The number of nitrogens with two attached hydrogens (primary N) is 2. The first-order valence-corrected chi connectivity index (χ1v) is 10.1. The number of carbonyl (C=O) groups is 5. The number of rotatable bonds is 13. The van der Waals surface area contributed by atoms with Crippen LogP contribution in [0.3, 0.4) is 0 Å². The number of thiol groups is 2. The lowest BCUT2D eigenvalue weighted by Gasteiger charge is -2.27. The van der Waals surface area contributed by atoms with Gasteiger partial charge in [0.15, 0.2) is 0 Å². The Morgan fingerprint density at radius 3 is 1.90 bits per heavy atom. The average Bonchev–Trinajstić information content (AvgIpc) is 2.67. The summed E-state index contributed by atoms with van der Waals surface area (Å²) in [7, 11) is 0. The Labute approximate surface area is 179 Å². The van der Waals surface area contributed by atoms with E-state index in [1.54, 1.807) is 13.8 Å². The minimum atomic E-state index is -1.53. The number of nitrogens with one attached hydrogen (secondary N) is 3. The van der Waals surface area contributed by atoms with Crippen molar-refractivity contribution in [1.29, 1.82) is 0 Å². The van der Waals surface area contributed by atoms with Gasteiger partial charge in [-0.1, -0.05) is 20.3 Å². The third-order valence-electron chi connectivity index (χ3n) is 4.16. The Kier molecular flexibility index (Phi) is 12.4. The largest absolute Gasteiger partial charge is 0.480 e. The van der Waals surface area contributed by atoms with Crippen LogP contribution in [0.2, 0.25) is 0 Å². The van der Waals surface area contributed by atoms with Crippen molar-refractivity contribution in [2.24, 2.45) is 17.4 Å². The highest BCUT2D eigenvalue weighted by atomic mass is 32.1. The highest BCUT2D eigenvalue weighted by molar-refractivity contribution is 7.80. The molecule has 5 atom stereocenters. The van der Waals surface area contributed by atoms with Crippen LogP contribution in [0.25, 0.3) is 0 Å². The van der Waals surface area contributed by atoms with Crippen molar-refractivity contribution >= 4 is 54.9 Å². The molecule has 0 aromatic carbocycles. The van der Waals surface area contributed by atoms with Crippen LogP contribution in [-0.2, 0) is 24.0 Å². The number of primary amides is 1. The van der Waals surface area contributed by atoms with Gasteiger partial charge < -0.3 is 32.5 Å². The fraction of sp³-hybridized carbons (Fsp3) is 0.688. The summed E-state index contributed by atoms with van der Waals surface area (Å²) in [5.41, 5.74) is 10.6. The van der Waals surface area contributed by atoms with Crippen molar-refractivity contribution in [2.75, 3.05) is 11.5 Å². The molecular formula is C16H29N5O6S2. The maximum Gasteiger partial charge on any atom is 0.326 e. The van der Waals surface area contributed by atoms with Gasteiger partial charge in [0, 0.05) is 11.5 Å².